The van der Waals surface area contributed by atoms with E-state index in [1.807, 2.05) is 12.3 Å². The van der Waals surface area contributed by atoms with Crippen LogP contribution in [0.2, 0.25) is 0 Å². The smallest absolute Gasteiger partial charge is 0.249 e. The van der Waals surface area contributed by atoms with Crippen LogP contribution in [0, 0.1) is 12.7 Å². The van der Waals surface area contributed by atoms with Crippen LogP contribution in [-0.4, -0.2) is 21.0 Å². The molecule has 1 aromatic carbocycles. The number of halogens is 1. The van der Waals surface area contributed by atoms with Crippen molar-refractivity contribution in [3.63, 3.8) is 0 Å². The predicted octanol–water partition coefficient (Wildman–Crippen LogP) is 3.53. The number of aryl methyl sites for hydroxylation is 1. The third-order valence-corrected chi connectivity index (χ3v) is 4.11. The predicted molar refractivity (Wildman–Crippen MR) is 92.1 cm³/mol. The minimum absolute atomic E-state index is 0.269. The van der Waals surface area contributed by atoms with Gasteiger partial charge in [-0.05, 0) is 44.2 Å². The van der Waals surface area contributed by atoms with Gasteiger partial charge in [0.1, 0.15) is 11.9 Å². The molecule has 0 saturated carbocycles. The largest absolute Gasteiger partial charge is 0.341 e. The van der Waals surface area contributed by atoms with Crippen LogP contribution in [0.5, 0.6) is 0 Å². The Morgan fingerprint density at radius 1 is 1.32 bits per heavy atom. The third kappa shape index (κ3) is 4.36. The zero-order valence-corrected chi connectivity index (χ0v) is 14.4. The van der Waals surface area contributed by atoms with Crippen LogP contribution in [-0.2, 0) is 4.79 Å². The maximum absolute atomic E-state index is 13.0. The molecule has 1 amide bonds. The first-order chi connectivity index (χ1) is 12.0. The highest BCUT2D eigenvalue weighted by molar-refractivity contribution is 7.09. The van der Waals surface area contributed by atoms with E-state index < -0.39 is 6.04 Å². The van der Waals surface area contributed by atoms with Crippen molar-refractivity contribution in [1.82, 2.24) is 20.4 Å². The first-order valence-corrected chi connectivity index (χ1v) is 8.39. The summed E-state index contributed by atoms with van der Waals surface area (Å²) in [5.74, 6) is -0.0231. The van der Waals surface area contributed by atoms with E-state index in [0.29, 0.717) is 11.4 Å². The number of nitrogens with one attached hydrogen (secondary N) is 1. The van der Waals surface area contributed by atoms with Crippen molar-refractivity contribution in [2.75, 3.05) is 0 Å². The Labute approximate surface area is 147 Å². The van der Waals surface area contributed by atoms with Gasteiger partial charge in [-0.25, -0.2) is 9.37 Å². The number of amides is 1. The topological polar surface area (TPSA) is 80.9 Å². The number of nitrogens with zero attached hydrogens (tertiary/aromatic N) is 3. The summed E-state index contributed by atoms with van der Waals surface area (Å²) < 4.78 is 18.1. The zero-order valence-electron chi connectivity index (χ0n) is 13.6. The molecular weight excluding hydrogens is 343 g/mol. The van der Waals surface area contributed by atoms with E-state index in [2.05, 4.69) is 20.4 Å². The van der Waals surface area contributed by atoms with E-state index in [9.17, 15) is 9.18 Å². The molecule has 1 unspecified atom stereocenters. The number of rotatable bonds is 5. The summed E-state index contributed by atoms with van der Waals surface area (Å²) in [6.07, 6.45) is 3.05. The number of hydrogen-bond donors (Lipinski definition) is 1. The summed E-state index contributed by atoms with van der Waals surface area (Å²) in [7, 11) is 0. The average molecular weight is 358 g/mol. The molecule has 0 bridgehead atoms. The summed E-state index contributed by atoms with van der Waals surface area (Å²) >= 11 is 1.52. The van der Waals surface area contributed by atoms with Crippen LogP contribution in [0.4, 0.5) is 4.39 Å². The average Bonchev–Trinajstić information content (AvgIpc) is 3.23. The molecule has 2 aromatic heterocycles. The van der Waals surface area contributed by atoms with Gasteiger partial charge in [-0.3, -0.25) is 4.79 Å². The van der Waals surface area contributed by atoms with Crippen molar-refractivity contribution >= 4 is 23.3 Å². The molecule has 0 radical (unpaired) electrons. The first-order valence-electron chi connectivity index (χ1n) is 7.51. The van der Waals surface area contributed by atoms with Crippen LogP contribution in [0.25, 0.3) is 17.5 Å². The minimum atomic E-state index is -0.462. The van der Waals surface area contributed by atoms with Crippen molar-refractivity contribution in [2.45, 2.75) is 19.9 Å². The lowest BCUT2D eigenvalue weighted by Gasteiger charge is -2.06. The van der Waals surface area contributed by atoms with E-state index in [-0.39, 0.29) is 17.6 Å². The number of carbonyl (C=O) groups excluding carboxylic acids is 1. The molecule has 0 fully saturated rings. The minimum Gasteiger partial charge on any atom is -0.341 e. The van der Waals surface area contributed by atoms with Crippen molar-refractivity contribution in [3.8, 4) is 11.4 Å². The van der Waals surface area contributed by atoms with E-state index in [1.54, 1.807) is 25.1 Å². The fourth-order valence-corrected chi connectivity index (χ4v) is 2.65. The van der Waals surface area contributed by atoms with Gasteiger partial charge in [-0.2, -0.15) is 4.98 Å². The van der Waals surface area contributed by atoms with E-state index in [4.69, 9.17) is 4.52 Å². The van der Waals surface area contributed by atoms with Crippen LogP contribution < -0.4 is 5.32 Å². The Balaban J connectivity index is 1.63. The molecule has 0 spiro atoms. The van der Waals surface area contributed by atoms with E-state index in [1.165, 1.54) is 29.5 Å². The number of carbonyl (C=O) groups is 1. The van der Waals surface area contributed by atoms with Gasteiger partial charge in [-0.15, -0.1) is 11.3 Å². The maximum Gasteiger partial charge on any atom is 0.249 e. The Hall–Kier alpha value is -2.87. The molecule has 3 rings (SSSR count). The van der Waals surface area contributed by atoms with Gasteiger partial charge < -0.3 is 9.84 Å². The van der Waals surface area contributed by atoms with Gasteiger partial charge >= 0.3 is 0 Å². The maximum atomic E-state index is 13.0. The standard InChI is InChI=1S/C17H15FN4O2S/c1-10(19-15(23)8-7-14-9-25-11(2)20-14)17-21-16(22-24-17)12-3-5-13(18)6-4-12/h3-10H,1-2H3,(H,19,23)/b8-7+. The first kappa shape index (κ1) is 17.0. The van der Waals surface area contributed by atoms with E-state index in [0.717, 1.165) is 10.7 Å². The summed E-state index contributed by atoms with van der Waals surface area (Å²) in [5.41, 5.74) is 1.37. The summed E-state index contributed by atoms with van der Waals surface area (Å²) in [5, 5.41) is 9.40. The molecule has 3 aromatic rings. The Bertz CT molecular complexity index is 902. The van der Waals surface area contributed by atoms with Crippen LogP contribution in [0.3, 0.4) is 0 Å². The van der Waals surface area contributed by atoms with Crippen LogP contribution in [0.1, 0.15) is 29.6 Å². The van der Waals surface area contributed by atoms with Crippen molar-refractivity contribution in [2.24, 2.45) is 0 Å². The molecule has 1 N–H and O–H groups in total. The number of thiazole rings is 1. The molecule has 25 heavy (non-hydrogen) atoms. The number of benzene rings is 1. The highest BCUT2D eigenvalue weighted by Crippen LogP contribution is 2.19. The van der Waals surface area contributed by atoms with Crippen molar-refractivity contribution in [3.05, 3.63) is 58.1 Å². The fourth-order valence-electron chi connectivity index (χ4n) is 2.07. The van der Waals surface area contributed by atoms with E-state index >= 15 is 0 Å². The Morgan fingerprint density at radius 3 is 2.76 bits per heavy atom. The normalized spacial score (nSPS) is 12.4. The lowest BCUT2D eigenvalue weighted by Crippen LogP contribution is -2.24. The summed E-state index contributed by atoms with van der Waals surface area (Å²) in [4.78, 5) is 20.4. The summed E-state index contributed by atoms with van der Waals surface area (Å²) in [6, 6.07) is 5.30. The SMILES string of the molecule is Cc1nc(/C=C/C(=O)NC(C)c2nc(-c3ccc(F)cc3)no2)cs1. The van der Waals surface area contributed by atoms with Gasteiger partial charge in [-0.1, -0.05) is 5.16 Å². The van der Waals surface area contributed by atoms with Crippen molar-refractivity contribution < 1.29 is 13.7 Å². The van der Waals surface area contributed by atoms with Crippen LogP contribution >= 0.6 is 11.3 Å². The number of aromatic nitrogens is 3. The second-order valence-electron chi connectivity index (χ2n) is 5.32. The lowest BCUT2D eigenvalue weighted by atomic mass is 10.2. The fraction of sp³-hybridized carbons (Fsp3) is 0.176. The second-order valence-corrected chi connectivity index (χ2v) is 6.38. The highest BCUT2D eigenvalue weighted by atomic mass is 32.1. The summed E-state index contributed by atoms with van der Waals surface area (Å²) in [6.45, 7) is 3.64. The molecule has 0 aliphatic heterocycles. The van der Waals surface area contributed by atoms with Crippen molar-refractivity contribution in [1.29, 1.82) is 0 Å². The molecule has 128 valence electrons. The highest BCUT2D eigenvalue weighted by Gasteiger charge is 2.16. The molecule has 6 nitrogen and oxygen atoms in total. The monoisotopic (exact) mass is 358 g/mol. The molecule has 1 atom stereocenters. The molecule has 2 heterocycles. The molecule has 0 aliphatic rings. The molecule has 0 aliphatic carbocycles. The van der Waals surface area contributed by atoms with Gasteiger partial charge in [0, 0.05) is 17.0 Å². The zero-order chi connectivity index (χ0) is 17.8. The number of hydrogen-bond acceptors (Lipinski definition) is 6. The quantitative estimate of drug-likeness (QED) is 0.706. The molecule has 8 heteroatoms. The molecule has 0 saturated heterocycles. The van der Waals surface area contributed by atoms with Crippen LogP contribution in [0.15, 0.2) is 40.2 Å². The Morgan fingerprint density at radius 2 is 2.08 bits per heavy atom. The Kier molecular flexibility index (Phi) is 4.99. The van der Waals surface area contributed by atoms with Gasteiger partial charge in [0.05, 0.1) is 10.7 Å². The third-order valence-electron chi connectivity index (χ3n) is 3.32. The molecular formula is C17H15FN4O2S. The lowest BCUT2D eigenvalue weighted by molar-refractivity contribution is -0.117. The van der Waals surface area contributed by atoms with Gasteiger partial charge in [0.15, 0.2) is 0 Å². The van der Waals surface area contributed by atoms with Gasteiger partial charge in [0.25, 0.3) is 0 Å². The van der Waals surface area contributed by atoms with Gasteiger partial charge in [0.2, 0.25) is 17.6 Å². The second kappa shape index (κ2) is 7.35.